The van der Waals surface area contributed by atoms with Gasteiger partial charge >= 0.3 is 5.97 Å². The molecule has 1 aromatic carbocycles. The van der Waals surface area contributed by atoms with Gasteiger partial charge in [-0.1, -0.05) is 18.2 Å². The van der Waals surface area contributed by atoms with Crippen LogP contribution in [0.4, 0.5) is 0 Å². The van der Waals surface area contributed by atoms with E-state index in [2.05, 4.69) is 4.90 Å². The Balaban J connectivity index is 0.00000272. The van der Waals surface area contributed by atoms with Gasteiger partial charge in [-0.25, -0.2) is 4.79 Å². The maximum absolute atomic E-state index is 13.1. The molecule has 6 nitrogen and oxygen atoms in total. The number of fused-ring (bicyclic) bond motifs is 3. The Labute approximate surface area is 189 Å². The van der Waals surface area contributed by atoms with Crippen molar-refractivity contribution >= 4 is 29.3 Å². The first-order valence-electron chi connectivity index (χ1n) is 11.2. The number of nitrogens with zero attached hydrogens (tertiary/aromatic N) is 2. The highest BCUT2D eigenvalue weighted by Gasteiger charge is 2.41. The topological polar surface area (TPSA) is 60.8 Å². The Morgan fingerprint density at radius 1 is 1.16 bits per heavy atom. The van der Waals surface area contributed by atoms with Crippen molar-refractivity contribution in [3.63, 3.8) is 0 Å². The molecule has 2 fully saturated rings. The standard InChI is InChI=1S/C24H32N2O4.ClH/c1-4-29-12-11-25-18-9-10-19(25)15-20(14-18)30-24(28)21-13-17-7-5-6-8-22(17)26(16(2)3)23(21)27;/h5-8,13,16,18-20H,4,9-12,14-15H2,1-3H3;1H/t18-,19+,20?;. The zero-order valence-corrected chi connectivity index (χ0v) is 19.4. The maximum Gasteiger partial charge on any atom is 0.344 e. The van der Waals surface area contributed by atoms with Gasteiger partial charge in [0.05, 0.1) is 12.1 Å². The summed E-state index contributed by atoms with van der Waals surface area (Å²) in [6.45, 7) is 8.36. The molecule has 170 valence electrons. The highest BCUT2D eigenvalue weighted by atomic mass is 35.5. The van der Waals surface area contributed by atoms with Gasteiger partial charge in [0.25, 0.3) is 5.56 Å². The normalized spacial score (nSPS) is 23.2. The summed E-state index contributed by atoms with van der Waals surface area (Å²) in [4.78, 5) is 28.6. The lowest BCUT2D eigenvalue weighted by molar-refractivity contribution is -0.0127. The molecular weight excluding hydrogens is 416 g/mol. The van der Waals surface area contributed by atoms with E-state index in [4.69, 9.17) is 9.47 Å². The third kappa shape index (κ3) is 4.81. The SMILES string of the molecule is CCOCCN1[C@@H]2CC[C@H]1CC(OC(=O)c1cc3ccccc3n(C(C)C)c1=O)C2.Cl. The van der Waals surface area contributed by atoms with Crippen molar-refractivity contribution in [3.05, 3.63) is 46.2 Å². The first-order chi connectivity index (χ1) is 14.5. The lowest BCUT2D eigenvalue weighted by atomic mass is 9.99. The number of hydrogen-bond donors (Lipinski definition) is 0. The van der Waals surface area contributed by atoms with Crippen LogP contribution in [0.25, 0.3) is 10.9 Å². The molecule has 0 spiro atoms. The monoisotopic (exact) mass is 448 g/mol. The maximum atomic E-state index is 13.1. The minimum absolute atomic E-state index is 0. The van der Waals surface area contributed by atoms with E-state index >= 15 is 0 Å². The lowest BCUT2D eigenvalue weighted by Gasteiger charge is -2.38. The summed E-state index contributed by atoms with van der Waals surface area (Å²) in [5, 5.41) is 0.878. The Morgan fingerprint density at radius 2 is 1.84 bits per heavy atom. The molecule has 2 bridgehead atoms. The minimum Gasteiger partial charge on any atom is -0.459 e. The second-order valence-corrected chi connectivity index (χ2v) is 8.70. The van der Waals surface area contributed by atoms with Gasteiger partial charge < -0.3 is 14.0 Å². The Bertz CT molecular complexity index is 960. The number of benzene rings is 1. The second-order valence-electron chi connectivity index (χ2n) is 8.70. The average molecular weight is 449 g/mol. The first kappa shape index (κ1) is 23.8. The van der Waals surface area contributed by atoms with Gasteiger partial charge in [-0.05, 0) is 51.1 Å². The quantitative estimate of drug-likeness (QED) is 0.469. The molecule has 31 heavy (non-hydrogen) atoms. The van der Waals surface area contributed by atoms with Crippen LogP contribution in [0.1, 0.15) is 62.9 Å². The van der Waals surface area contributed by atoms with E-state index in [1.165, 1.54) is 0 Å². The molecule has 4 rings (SSSR count). The van der Waals surface area contributed by atoms with E-state index in [1.807, 2.05) is 45.0 Å². The van der Waals surface area contributed by atoms with Crippen LogP contribution in [-0.2, 0) is 9.47 Å². The highest BCUT2D eigenvalue weighted by molar-refractivity contribution is 5.94. The second kappa shape index (κ2) is 10.2. The number of para-hydroxylation sites is 1. The third-order valence-electron chi connectivity index (χ3n) is 6.49. The molecule has 2 aliphatic rings. The summed E-state index contributed by atoms with van der Waals surface area (Å²) in [6, 6.07) is 10.2. The van der Waals surface area contributed by atoms with Crippen LogP contribution < -0.4 is 5.56 Å². The van der Waals surface area contributed by atoms with Crippen molar-refractivity contribution in [2.75, 3.05) is 19.8 Å². The van der Waals surface area contributed by atoms with Gasteiger partial charge in [0.15, 0.2) is 0 Å². The predicted molar refractivity (Wildman–Crippen MR) is 124 cm³/mol. The minimum atomic E-state index is -0.493. The van der Waals surface area contributed by atoms with Gasteiger partial charge in [-0.15, -0.1) is 12.4 Å². The van der Waals surface area contributed by atoms with E-state index in [1.54, 1.807) is 10.6 Å². The van der Waals surface area contributed by atoms with Gasteiger partial charge in [-0.3, -0.25) is 9.69 Å². The number of esters is 1. The summed E-state index contributed by atoms with van der Waals surface area (Å²) in [7, 11) is 0. The van der Waals surface area contributed by atoms with Crippen LogP contribution in [0, 0.1) is 0 Å². The van der Waals surface area contributed by atoms with Crippen molar-refractivity contribution in [1.29, 1.82) is 0 Å². The summed E-state index contributed by atoms with van der Waals surface area (Å²) in [5.74, 6) is -0.493. The van der Waals surface area contributed by atoms with Gasteiger partial charge in [0.1, 0.15) is 11.7 Å². The molecule has 1 unspecified atom stereocenters. The van der Waals surface area contributed by atoms with E-state index in [0.717, 1.165) is 56.3 Å². The molecule has 2 saturated heterocycles. The van der Waals surface area contributed by atoms with Gasteiger partial charge in [0, 0.05) is 44.1 Å². The molecule has 0 N–H and O–H groups in total. The van der Waals surface area contributed by atoms with Crippen LogP contribution in [-0.4, -0.2) is 53.4 Å². The number of hydrogen-bond acceptors (Lipinski definition) is 5. The fraction of sp³-hybridized carbons (Fsp3) is 0.583. The van der Waals surface area contributed by atoms with Crippen LogP contribution in [0.5, 0.6) is 0 Å². The van der Waals surface area contributed by atoms with Crippen molar-refractivity contribution in [2.45, 2.75) is 70.7 Å². The van der Waals surface area contributed by atoms with Crippen LogP contribution in [0.2, 0.25) is 0 Å². The molecule has 2 aliphatic heterocycles. The number of pyridine rings is 1. The number of aromatic nitrogens is 1. The highest BCUT2D eigenvalue weighted by Crippen LogP contribution is 2.36. The van der Waals surface area contributed by atoms with Crippen LogP contribution in [0.15, 0.2) is 35.1 Å². The molecular formula is C24H33ClN2O4. The molecule has 1 aromatic heterocycles. The first-order valence-corrected chi connectivity index (χ1v) is 11.2. The number of halogens is 1. The van der Waals surface area contributed by atoms with Gasteiger partial charge in [0.2, 0.25) is 0 Å². The Kier molecular flexibility index (Phi) is 7.78. The van der Waals surface area contributed by atoms with Crippen molar-refractivity contribution in [2.24, 2.45) is 0 Å². The molecule has 0 amide bonds. The zero-order chi connectivity index (χ0) is 21.3. The van der Waals surface area contributed by atoms with E-state index in [0.29, 0.717) is 12.1 Å². The number of carbonyl (C=O) groups is 1. The zero-order valence-electron chi connectivity index (χ0n) is 18.6. The Morgan fingerprint density at radius 3 is 2.48 bits per heavy atom. The van der Waals surface area contributed by atoms with Crippen molar-refractivity contribution < 1.29 is 14.3 Å². The number of carbonyl (C=O) groups excluding carboxylic acids is 1. The molecule has 7 heteroatoms. The average Bonchev–Trinajstić information content (AvgIpc) is 2.95. The van der Waals surface area contributed by atoms with Gasteiger partial charge in [-0.2, -0.15) is 0 Å². The summed E-state index contributed by atoms with van der Waals surface area (Å²) in [5.41, 5.74) is 0.703. The molecule has 3 atom stereocenters. The number of rotatable bonds is 7. The van der Waals surface area contributed by atoms with Crippen molar-refractivity contribution in [3.8, 4) is 0 Å². The predicted octanol–water partition coefficient (Wildman–Crippen LogP) is 4.19. The molecule has 3 heterocycles. The lowest BCUT2D eigenvalue weighted by Crippen LogP contribution is -2.47. The summed E-state index contributed by atoms with van der Waals surface area (Å²) < 4.78 is 13.1. The molecule has 0 aliphatic carbocycles. The summed E-state index contributed by atoms with van der Waals surface area (Å²) in [6.07, 6.45) is 3.82. The van der Waals surface area contributed by atoms with E-state index < -0.39 is 5.97 Å². The molecule has 0 radical (unpaired) electrons. The summed E-state index contributed by atoms with van der Waals surface area (Å²) >= 11 is 0. The van der Waals surface area contributed by atoms with Crippen LogP contribution in [0.3, 0.4) is 0 Å². The smallest absolute Gasteiger partial charge is 0.344 e. The van der Waals surface area contributed by atoms with Crippen LogP contribution >= 0.6 is 12.4 Å². The number of piperidine rings is 1. The Hall–Kier alpha value is -1.89. The fourth-order valence-corrected chi connectivity index (χ4v) is 5.16. The molecule has 2 aromatic rings. The third-order valence-corrected chi connectivity index (χ3v) is 6.49. The number of ether oxygens (including phenoxy) is 2. The van der Waals surface area contributed by atoms with Crippen molar-refractivity contribution in [1.82, 2.24) is 9.47 Å². The fourth-order valence-electron chi connectivity index (χ4n) is 5.16. The van der Waals surface area contributed by atoms with E-state index in [-0.39, 0.29) is 35.7 Å². The largest absolute Gasteiger partial charge is 0.459 e. The van der Waals surface area contributed by atoms with E-state index in [9.17, 15) is 9.59 Å². The molecule has 0 saturated carbocycles.